The first-order valence-electron chi connectivity index (χ1n) is 5.30. The van der Waals surface area contributed by atoms with Gasteiger partial charge in [-0.15, -0.1) is 11.8 Å². The van der Waals surface area contributed by atoms with E-state index >= 15 is 0 Å². The quantitative estimate of drug-likeness (QED) is 0.641. The van der Waals surface area contributed by atoms with E-state index in [0.717, 1.165) is 5.75 Å². The van der Waals surface area contributed by atoms with Gasteiger partial charge < -0.3 is 4.74 Å². The minimum Gasteiger partial charge on any atom is -0.444 e. The molecule has 0 spiro atoms. The van der Waals surface area contributed by atoms with Gasteiger partial charge in [0.15, 0.2) is 0 Å². The van der Waals surface area contributed by atoms with Gasteiger partial charge in [0.2, 0.25) is 0 Å². The number of carbonyl (C=O) groups is 1. The average Bonchev–Trinajstić information content (AvgIpc) is 2.21. The summed E-state index contributed by atoms with van der Waals surface area (Å²) in [4.78, 5) is 13.7. The van der Waals surface area contributed by atoms with Gasteiger partial charge in [-0.05, 0) is 41.5 Å². The molecule has 0 aliphatic carbocycles. The lowest BCUT2D eigenvalue weighted by Crippen LogP contribution is -2.47. The van der Waals surface area contributed by atoms with E-state index in [1.54, 1.807) is 11.8 Å². The number of thioether (sulfide) groups is 1. The van der Waals surface area contributed by atoms with Crippen molar-refractivity contribution in [1.82, 2.24) is 4.90 Å². The highest BCUT2D eigenvalue weighted by molar-refractivity contribution is 8.00. The Morgan fingerprint density at radius 2 is 2.00 bits per heavy atom. The first kappa shape index (κ1) is 12.7. The summed E-state index contributed by atoms with van der Waals surface area (Å²) in [7, 11) is 0. The number of rotatable bonds is 0. The van der Waals surface area contributed by atoms with Crippen molar-refractivity contribution >= 4 is 17.9 Å². The molecule has 0 unspecified atom stereocenters. The molecule has 1 saturated heterocycles. The zero-order valence-electron chi connectivity index (χ0n) is 10.5. The lowest BCUT2D eigenvalue weighted by Gasteiger charge is -2.34. The Morgan fingerprint density at radius 1 is 1.47 bits per heavy atom. The minimum absolute atomic E-state index is 0.151. The molecule has 4 heteroatoms. The standard InChI is InChI=1S/C11H21NO2S/c1-8-7-15-11(5,6)12(8)9(13)14-10(2,3)4/h8H,7H2,1-6H3/t8-/m1/s1. The molecule has 0 saturated carbocycles. The molecule has 1 atom stereocenters. The summed E-state index contributed by atoms with van der Waals surface area (Å²) in [5, 5.41) is 0. The van der Waals surface area contributed by atoms with Gasteiger partial charge in [-0.25, -0.2) is 4.79 Å². The van der Waals surface area contributed by atoms with Gasteiger partial charge >= 0.3 is 6.09 Å². The van der Waals surface area contributed by atoms with E-state index in [1.165, 1.54) is 0 Å². The molecule has 0 aromatic rings. The van der Waals surface area contributed by atoms with E-state index < -0.39 is 5.60 Å². The van der Waals surface area contributed by atoms with Gasteiger partial charge in [0.05, 0.1) is 4.87 Å². The van der Waals surface area contributed by atoms with E-state index in [0.29, 0.717) is 0 Å². The van der Waals surface area contributed by atoms with E-state index in [-0.39, 0.29) is 17.0 Å². The first-order valence-corrected chi connectivity index (χ1v) is 6.28. The molecule has 0 aromatic heterocycles. The van der Waals surface area contributed by atoms with Crippen molar-refractivity contribution < 1.29 is 9.53 Å². The van der Waals surface area contributed by atoms with Crippen LogP contribution in [0.1, 0.15) is 41.5 Å². The molecule has 1 heterocycles. The predicted octanol–water partition coefficient (Wildman–Crippen LogP) is 3.09. The average molecular weight is 231 g/mol. The van der Waals surface area contributed by atoms with Gasteiger partial charge in [0.1, 0.15) is 5.60 Å². The molecule has 0 bridgehead atoms. The van der Waals surface area contributed by atoms with Gasteiger partial charge in [-0.3, -0.25) is 4.90 Å². The Morgan fingerprint density at radius 3 is 2.33 bits per heavy atom. The highest BCUT2D eigenvalue weighted by Gasteiger charge is 2.43. The molecule has 88 valence electrons. The van der Waals surface area contributed by atoms with Crippen LogP contribution in [0.15, 0.2) is 0 Å². The Balaban J connectivity index is 2.74. The van der Waals surface area contributed by atoms with Crippen molar-refractivity contribution in [3.8, 4) is 0 Å². The van der Waals surface area contributed by atoms with Crippen LogP contribution in [0.25, 0.3) is 0 Å². The van der Waals surface area contributed by atoms with Crippen molar-refractivity contribution in [2.24, 2.45) is 0 Å². The van der Waals surface area contributed by atoms with Crippen LogP contribution in [0.5, 0.6) is 0 Å². The van der Waals surface area contributed by atoms with E-state index in [4.69, 9.17) is 4.74 Å². The molecule has 0 radical (unpaired) electrons. The maximum atomic E-state index is 12.0. The molecular weight excluding hydrogens is 210 g/mol. The summed E-state index contributed by atoms with van der Waals surface area (Å²) in [6.07, 6.45) is -0.204. The lowest BCUT2D eigenvalue weighted by molar-refractivity contribution is 0.0115. The van der Waals surface area contributed by atoms with Gasteiger partial charge in [0.25, 0.3) is 0 Å². The van der Waals surface area contributed by atoms with Gasteiger partial charge in [0, 0.05) is 11.8 Å². The SMILES string of the molecule is C[C@@H]1CSC(C)(C)N1C(=O)OC(C)(C)C. The molecule has 0 aromatic carbocycles. The molecule has 0 N–H and O–H groups in total. The summed E-state index contributed by atoms with van der Waals surface area (Å²) in [6, 6.07) is 0.250. The van der Waals surface area contributed by atoms with Crippen LogP contribution in [0.2, 0.25) is 0 Å². The second-order valence-electron chi connectivity index (χ2n) is 5.46. The molecule has 1 aliphatic heterocycles. The molecule has 1 aliphatic rings. The molecular formula is C11H21NO2S. The second-order valence-corrected chi connectivity index (χ2v) is 7.08. The second kappa shape index (κ2) is 3.89. The van der Waals surface area contributed by atoms with Crippen molar-refractivity contribution in [2.45, 2.75) is 58.1 Å². The van der Waals surface area contributed by atoms with Gasteiger partial charge in [-0.1, -0.05) is 0 Å². The number of nitrogens with zero attached hydrogens (tertiary/aromatic N) is 1. The monoisotopic (exact) mass is 231 g/mol. The lowest BCUT2D eigenvalue weighted by atomic mass is 10.2. The highest BCUT2D eigenvalue weighted by atomic mass is 32.2. The number of carbonyl (C=O) groups excluding carboxylic acids is 1. The number of hydrogen-bond acceptors (Lipinski definition) is 3. The van der Waals surface area contributed by atoms with Crippen LogP contribution in [-0.2, 0) is 4.74 Å². The van der Waals surface area contributed by atoms with Crippen molar-refractivity contribution in [3.05, 3.63) is 0 Å². The molecule has 1 fully saturated rings. The van der Waals surface area contributed by atoms with Crippen molar-refractivity contribution in [1.29, 1.82) is 0 Å². The van der Waals surface area contributed by atoms with Gasteiger partial charge in [-0.2, -0.15) is 0 Å². The molecule has 3 nitrogen and oxygen atoms in total. The number of hydrogen-bond donors (Lipinski definition) is 0. The Bertz CT molecular complexity index is 258. The Hall–Kier alpha value is -0.380. The normalized spacial score (nSPS) is 25.5. The highest BCUT2D eigenvalue weighted by Crippen LogP contribution is 2.39. The summed E-state index contributed by atoms with van der Waals surface area (Å²) in [5.41, 5.74) is -0.417. The molecule has 1 rings (SSSR count). The van der Waals surface area contributed by atoms with Crippen LogP contribution in [0, 0.1) is 0 Å². The van der Waals surface area contributed by atoms with Crippen LogP contribution < -0.4 is 0 Å². The van der Waals surface area contributed by atoms with E-state index in [1.807, 2.05) is 25.7 Å². The Kier molecular flexibility index (Phi) is 3.29. The van der Waals surface area contributed by atoms with E-state index in [2.05, 4.69) is 20.8 Å². The van der Waals surface area contributed by atoms with Crippen LogP contribution in [0.3, 0.4) is 0 Å². The third kappa shape index (κ3) is 3.03. The predicted molar refractivity (Wildman–Crippen MR) is 64.1 cm³/mol. The zero-order valence-corrected chi connectivity index (χ0v) is 11.3. The fourth-order valence-electron chi connectivity index (χ4n) is 1.71. The molecule has 1 amide bonds. The minimum atomic E-state index is -0.417. The first-order chi connectivity index (χ1) is 6.63. The largest absolute Gasteiger partial charge is 0.444 e. The third-order valence-electron chi connectivity index (χ3n) is 2.29. The number of ether oxygens (including phenoxy) is 1. The molecule has 15 heavy (non-hydrogen) atoms. The van der Waals surface area contributed by atoms with E-state index in [9.17, 15) is 4.79 Å². The van der Waals surface area contributed by atoms with Crippen molar-refractivity contribution in [2.75, 3.05) is 5.75 Å². The maximum Gasteiger partial charge on any atom is 0.411 e. The topological polar surface area (TPSA) is 29.5 Å². The zero-order chi connectivity index (χ0) is 11.9. The Labute approximate surface area is 96.5 Å². The summed E-state index contributed by atoms with van der Waals surface area (Å²) < 4.78 is 5.40. The maximum absolute atomic E-state index is 12.0. The third-order valence-corrected chi connectivity index (χ3v) is 3.84. The smallest absolute Gasteiger partial charge is 0.411 e. The summed E-state index contributed by atoms with van der Waals surface area (Å²) in [5.74, 6) is 0.978. The van der Waals surface area contributed by atoms with Crippen LogP contribution in [-0.4, -0.2) is 33.3 Å². The van der Waals surface area contributed by atoms with Crippen LogP contribution in [0.4, 0.5) is 4.79 Å². The summed E-state index contributed by atoms with van der Waals surface area (Å²) in [6.45, 7) is 11.9. The fourth-order valence-corrected chi connectivity index (χ4v) is 2.90. The van der Waals surface area contributed by atoms with Crippen LogP contribution >= 0.6 is 11.8 Å². The summed E-state index contributed by atoms with van der Waals surface area (Å²) >= 11 is 1.80. The fraction of sp³-hybridized carbons (Fsp3) is 0.909. The number of amides is 1. The van der Waals surface area contributed by atoms with Crippen molar-refractivity contribution in [3.63, 3.8) is 0 Å².